The second-order valence-electron chi connectivity index (χ2n) is 3.37. The van der Waals surface area contributed by atoms with Crippen molar-refractivity contribution in [1.29, 1.82) is 0 Å². The highest BCUT2D eigenvalue weighted by Crippen LogP contribution is 2.34. The molecule has 0 amide bonds. The summed E-state index contributed by atoms with van der Waals surface area (Å²) in [6.07, 6.45) is -1.21. The molecule has 0 atom stereocenters. The molecule has 18 heavy (non-hydrogen) atoms. The first-order valence-corrected chi connectivity index (χ1v) is 5.37. The maximum atomic E-state index is 12.7. The van der Waals surface area contributed by atoms with Crippen LogP contribution in [-0.4, -0.2) is 6.54 Å². The summed E-state index contributed by atoms with van der Waals surface area (Å²) in [7, 11) is 0. The Kier molecular flexibility index (Phi) is 5.07. The topological polar surface area (TPSA) is 48.8 Å². The lowest BCUT2D eigenvalue weighted by atomic mass is 10.1. The molecule has 0 aliphatic heterocycles. The van der Waals surface area contributed by atoms with Gasteiger partial charge in [-0.3, -0.25) is 0 Å². The molecule has 96 valence electrons. The third kappa shape index (κ3) is 4.31. The summed E-state index contributed by atoms with van der Waals surface area (Å²) in [4.78, 5) is 2.54. The van der Waals surface area contributed by atoms with Crippen LogP contribution in [0.4, 0.5) is 13.2 Å². The predicted octanol–water partition coefficient (Wildman–Crippen LogP) is 5.07. The van der Waals surface area contributed by atoms with Gasteiger partial charge >= 0.3 is 6.18 Å². The van der Waals surface area contributed by atoms with Crippen LogP contribution in [0.25, 0.3) is 16.5 Å². The molecule has 0 heterocycles. The second kappa shape index (κ2) is 6.33. The van der Waals surface area contributed by atoms with E-state index in [1.807, 2.05) is 0 Å². The molecule has 3 nitrogen and oxygen atoms in total. The fourth-order valence-electron chi connectivity index (χ4n) is 1.31. The van der Waals surface area contributed by atoms with Gasteiger partial charge in [0.1, 0.15) is 0 Å². The maximum Gasteiger partial charge on any atom is 0.417 e. The van der Waals surface area contributed by atoms with Gasteiger partial charge in [0, 0.05) is 16.5 Å². The van der Waals surface area contributed by atoms with Crippen LogP contribution in [0.1, 0.15) is 17.5 Å². The SMILES string of the molecule is [N-]=[N+]=NCCC=Cc1ccc(Cl)cc1C(F)(F)F. The van der Waals surface area contributed by atoms with Crippen molar-refractivity contribution >= 4 is 17.7 Å². The van der Waals surface area contributed by atoms with Crippen molar-refractivity contribution in [2.24, 2.45) is 5.11 Å². The Morgan fingerprint density at radius 2 is 2.11 bits per heavy atom. The van der Waals surface area contributed by atoms with Gasteiger partial charge in [-0.1, -0.05) is 34.9 Å². The van der Waals surface area contributed by atoms with Gasteiger partial charge < -0.3 is 0 Å². The van der Waals surface area contributed by atoms with Crippen LogP contribution in [0.3, 0.4) is 0 Å². The molecule has 0 aromatic heterocycles. The first-order chi connectivity index (χ1) is 8.45. The van der Waals surface area contributed by atoms with E-state index in [9.17, 15) is 13.2 Å². The molecule has 1 rings (SSSR count). The molecule has 0 aliphatic rings. The fourth-order valence-corrected chi connectivity index (χ4v) is 1.48. The highest BCUT2D eigenvalue weighted by Gasteiger charge is 2.32. The Hall–Kier alpha value is -1.65. The molecule has 0 aliphatic carbocycles. The van der Waals surface area contributed by atoms with Crippen LogP contribution in [-0.2, 0) is 6.18 Å². The number of hydrogen-bond acceptors (Lipinski definition) is 1. The minimum atomic E-state index is -4.45. The van der Waals surface area contributed by atoms with E-state index in [1.54, 1.807) is 0 Å². The summed E-state index contributed by atoms with van der Waals surface area (Å²) in [5.41, 5.74) is 7.29. The molecule has 0 saturated carbocycles. The third-order valence-electron chi connectivity index (χ3n) is 2.08. The zero-order valence-corrected chi connectivity index (χ0v) is 9.91. The molecule has 1 aromatic carbocycles. The lowest BCUT2D eigenvalue weighted by Crippen LogP contribution is -2.07. The Labute approximate surface area is 107 Å². The highest BCUT2D eigenvalue weighted by atomic mass is 35.5. The van der Waals surface area contributed by atoms with Gasteiger partial charge in [0.25, 0.3) is 0 Å². The number of alkyl halides is 3. The lowest BCUT2D eigenvalue weighted by Gasteiger charge is -2.10. The van der Waals surface area contributed by atoms with E-state index < -0.39 is 11.7 Å². The Morgan fingerprint density at radius 3 is 2.72 bits per heavy atom. The minimum Gasteiger partial charge on any atom is -0.166 e. The zero-order chi connectivity index (χ0) is 13.6. The van der Waals surface area contributed by atoms with Crippen molar-refractivity contribution in [1.82, 2.24) is 0 Å². The summed E-state index contributed by atoms with van der Waals surface area (Å²) in [6.45, 7) is 0.210. The van der Waals surface area contributed by atoms with E-state index in [2.05, 4.69) is 10.0 Å². The third-order valence-corrected chi connectivity index (χ3v) is 2.31. The summed E-state index contributed by atoms with van der Waals surface area (Å²) in [5, 5.41) is 3.31. The monoisotopic (exact) mass is 275 g/mol. The summed E-state index contributed by atoms with van der Waals surface area (Å²) in [6, 6.07) is 3.58. The van der Waals surface area contributed by atoms with Crippen LogP contribution in [0.2, 0.25) is 5.02 Å². The first-order valence-electron chi connectivity index (χ1n) is 4.99. The molecule has 0 N–H and O–H groups in total. The molecule has 7 heteroatoms. The van der Waals surface area contributed by atoms with Crippen LogP contribution >= 0.6 is 11.6 Å². The van der Waals surface area contributed by atoms with Crippen LogP contribution in [0, 0.1) is 0 Å². The largest absolute Gasteiger partial charge is 0.417 e. The van der Waals surface area contributed by atoms with E-state index in [0.29, 0.717) is 6.42 Å². The normalized spacial score (nSPS) is 11.6. The van der Waals surface area contributed by atoms with E-state index >= 15 is 0 Å². The highest BCUT2D eigenvalue weighted by molar-refractivity contribution is 6.30. The smallest absolute Gasteiger partial charge is 0.166 e. The van der Waals surface area contributed by atoms with E-state index in [4.69, 9.17) is 17.1 Å². The van der Waals surface area contributed by atoms with Gasteiger partial charge in [0.05, 0.1) is 5.56 Å². The fraction of sp³-hybridized carbons (Fsp3) is 0.273. The summed E-state index contributed by atoms with van der Waals surface area (Å²) < 4.78 is 38.1. The summed E-state index contributed by atoms with van der Waals surface area (Å²) in [5.74, 6) is 0. The van der Waals surface area contributed by atoms with Gasteiger partial charge in [-0.2, -0.15) is 13.2 Å². The van der Waals surface area contributed by atoms with Crippen molar-refractivity contribution in [3.63, 3.8) is 0 Å². The lowest BCUT2D eigenvalue weighted by molar-refractivity contribution is -0.137. The minimum absolute atomic E-state index is 0.0350. The van der Waals surface area contributed by atoms with Crippen LogP contribution in [0.15, 0.2) is 29.4 Å². The van der Waals surface area contributed by atoms with E-state index in [-0.39, 0.29) is 17.1 Å². The van der Waals surface area contributed by atoms with Crippen molar-refractivity contribution in [2.75, 3.05) is 6.54 Å². The standard InChI is InChI=1S/C11H9ClF3N3/c12-9-5-4-8(3-1-2-6-17-18-16)10(7-9)11(13,14)15/h1,3-5,7H,2,6H2. The van der Waals surface area contributed by atoms with Crippen molar-refractivity contribution in [3.8, 4) is 0 Å². The second-order valence-corrected chi connectivity index (χ2v) is 3.81. The average molecular weight is 276 g/mol. The number of nitrogens with zero attached hydrogens (tertiary/aromatic N) is 3. The van der Waals surface area contributed by atoms with Crippen molar-refractivity contribution in [2.45, 2.75) is 12.6 Å². The molecular formula is C11H9ClF3N3. The number of halogens is 4. The van der Waals surface area contributed by atoms with Gasteiger partial charge in [-0.05, 0) is 29.6 Å². The van der Waals surface area contributed by atoms with Gasteiger partial charge in [0.2, 0.25) is 0 Å². The maximum absolute atomic E-state index is 12.7. The quantitative estimate of drug-likeness (QED) is 0.319. The Morgan fingerprint density at radius 1 is 1.39 bits per heavy atom. The van der Waals surface area contributed by atoms with Gasteiger partial charge in [-0.15, -0.1) is 0 Å². The Bertz CT molecular complexity index is 491. The molecule has 0 fully saturated rings. The molecule has 0 bridgehead atoms. The molecule has 0 spiro atoms. The number of hydrogen-bond donors (Lipinski definition) is 0. The van der Waals surface area contributed by atoms with Crippen molar-refractivity contribution in [3.05, 3.63) is 50.9 Å². The average Bonchev–Trinajstić information content (AvgIpc) is 2.29. The van der Waals surface area contributed by atoms with Crippen LogP contribution in [0.5, 0.6) is 0 Å². The summed E-state index contributed by atoms with van der Waals surface area (Å²) >= 11 is 5.55. The molecule has 0 unspecified atom stereocenters. The first kappa shape index (κ1) is 14.4. The van der Waals surface area contributed by atoms with Gasteiger partial charge in [0.15, 0.2) is 0 Å². The van der Waals surface area contributed by atoms with E-state index in [1.165, 1.54) is 24.3 Å². The zero-order valence-electron chi connectivity index (χ0n) is 9.15. The van der Waals surface area contributed by atoms with Crippen LogP contribution < -0.4 is 0 Å². The molecule has 0 radical (unpaired) electrons. The van der Waals surface area contributed by atoms with E-state index in [0.717, 1.165) is 6.07 Å². The molecule has 1 aromatic rings. The Balaban J connectivity index is 2.91. The molecular weight excluding hydrogens is 267 g/mol. The van der Waals surface area contributed by atoms with Gasteiger partial charge in [-0.25, -0.2) is 0 Å². The molecule has 0 saturated heterocycles. The number of rotatable bonds is 4. The number of azide groups is 1. The predicted molar refractivity (Wildman–Crippen MR) is 64.1 cm³/mol. The number of benzene rings is 1. The van der Waals surface area contributed by atoms with Crippen molar-refractivity contribution < 1.29 is 13.2 Å².